The minimum absolute atomic E-state index is 0.666. The monoisotopic (exact) mass is 273 g/mol. The molecule has 3 atom stereocenters. The molecule has 0 aromatic heterocycles. The molecule has 112 valence electrons. The molecule has 1 nitrogen and oxygen atoms in total. The highest BCUT2D eigenvalue weighted by Gasteiger charge is 2.28. The van der Waals surface area contributed by atoms with E-state index in [4.69, 9.17) is 0 Å². The van der Waals surface area contributed by atoms with Gasteiger partial charge in [0.15, 0.2) is 0 Å². The summed E-state index contributed by atoms with van der Waals surface area (Å²) >= 11 is 0. The minimum Gasteiger partial charge on any atom is -0.313 e. The van der Waals surface area contributed by atoms with E-state index >= 15 is 0 Å². The third-order valence-electron chi connectivity index (χ3n) is 5.03. The lowest BCUT2D eigenvalue weighted by Gasteiger charge is -2.26. The van der Waals surface area contributed by atoms with Crippen LogP contribution < -0.4 is 5.32 Å². The molecule has 0 heterocycles. The van der Waals surface area contributed by atoms with Gasteiger partial charge in [-0.15, -0.1) is 0 Å². The van der Waals surface area contributed by atoms with Crippen molar-refractivity contribution < 1.29 is 0 Å². The molecule has 1 aromatic rings. The fraction of sp³-hybridized carbons (Fsp3) is 0.684. The maximum absolute atomic E-state index is 3.83. The van der Waals surface area contributed by atoms with E-state index in [9.17, 15) is 0 Å². The Kier molecular flexibility index (Phi) is 5.65. The number of hydrogen-bond acceptors (Lipinski definition) is 1. The molecule has 1 aliphatic rings. The minimum atomic E-state index is 0.666. The molecule has 0 aliphatic heterocycles. The average Bonchev–Trinajstić information content (AvgIpc) is 2.84. The summed E-state index contributed by atoms with van der Waals surface area (Å²) in [6.45, 7) is 10.4. The molecule has 0 amide bonds. The van der Waals surface area contributed by atoms with Gasteiger partial charge in [-0.3, -0.25) is 0 Å². The Balaban J connectivity index is 2.10. The largest absolute Gasteiger partial charge is 0.313 e. The molecule has 1 N–H and O–H groups in total. The van der Waals surface area contributed by atoms with Crippen molar-refractivity contribution in [1.29, 1.82) is 0 Å². The first-order chi connectivity index (χ1) is 9.61. The molecule has 0 radical (unpaired) electrons. The van der Waals surface area contributed by atoms with Gasteiger partial charge in [0, 0.05) is 6.04 Å². The summed E-state index contributed by atoms with van der Waals surface area (Å²) in [6.07, 6.45) is 6.67. The molecule has 2 rings (SSSR count). The van der Waals surface area contributed by atoms with E-state index in [0.717, 1.165) is 18.4 Å². The van der Waals surface area contributed by atoms with Crippen molar-refractivity contribution in [2.45, 2.75) is 65.8 Å². The number of hydrogen-bond donors (Lipinski definition) is 1. The highest BCUT2D eigenvalue weighted by atomic mass is 14.9. The summed E-state index contributed by atoms with van der Waals surface area (Å²) in [5.74, 6) is 1.79. The maximum Gasteiger partial charge on any atom is 0.0136 e. The number of rotatable bonds is 6. The predicted molar refractivity (Wildman–Crippen MR) is 88.2 cm³/mol. The van der Waals surface area contributed by atoms with Crippen LogP contribution in [0.2, 0.25) is 0 Å². The van der Waals surface area contributed by atoms with Gasteiger partial charge < -0.3 is 5.32 Å². The molecule has 1 fully saturated rings. The smallest absolute Gasteiger partial charge is 0.0136 e. The third-order valence-corrected chi connectivity index (χ3v) is 5.03. The molecule has 1 aromatic carbocycles. The van der Waals surface area contributed by atoms with Crippen molar-refractivity contribution in [2.24, 2.45) is 11.8 Å². The van der Waals surface area contributed by atoms with Crippen molar-refractivity contribution in [3.63, 3.8) is 0 Å². The van der Waals surface area contributed by atoms with E-state index in [1.165, 1.54) is 43.2 Å². The van der Waals surface area contributed by atoms with Crippen LogP contribution in [0.5, 0.6) is 0 Å². The molecule has 20 heavy (non-hydrogen) atoms. The van der Waals surface area contributed by atoms with Gasteiger partial charge in [-0.1, -0.05) is 38.5 Å². The summed E-state index contributed by atoms with van der Waals surface area (Å²) in [6, 6.07) is 7.37. The summed E-state index contributed by atoms with van der Waals surface area (Å²) in [5, 5.41) is 3.83. The summed E-state index contributed by atoms with van der Waals surface area (Å²) in [4.78, 5) is 0. The summed E-state index contributed by atoms with van der Waals surface area (Å²) in [5.41, 5.74) is 4.49. The Labute approximate surface area is 125 Å². The van der Waals surface area contributed by atoms with Gasteiger partial charge in [0.1, 0.15) is 0 Å². The van der Waals surface area contributed by atoms with Gasteiger partial charge in [-0.25, -0.2) is 0 Å². The SMILES string of the molecule is CCCNC(Cc1c(C)cccc1C)C1CCC(C)C1. The number of benzene rings is 1. The van der Waals surface area contributed by atoms with Gasteiger partial charge in [0.2, 0.25) is 0 Å². The van der Waals surface area contributed by atoms with Crippen LogP contribution in [0.4, 0.5) is 0 Å². The van der Waals surface area contributed by atoms with Crippen LogP contribution in [-0.4, -0.2) is 12.6 Å². The van der Waals surface area contributed by atoms with Gasteiger partial charge >= 0.3 is 0 Å². The van der Waals surface area contributed by atoms with Gasteiger partial charge in [-0.2, -0.15) is 0 Å². The van der Waals surface area contributed by atoms with Crippen LogP contribution in [0.3, 0.4) is 0 Å². The first kappa shape index (κ1) is 15.6. The molecule has 1 aliphatic carbocycles. The number of aryl methyl sites for hydroxylation is 2. The lowest BCUT2D eigenvalue weighted by molar-refractivity contribution is 0.348. The topological polar surface area (TPSA) is 12.0 Å². The quantitative estimate of drug-likeness (QED) is 0.795. The third kappa shape index (κ3) is 3.85. The maximum atomic E-state index is 3.83. The first-order valence-electron chi connectivity index (χ1n) is 8.40. The van der Waals surface area contributed by atoms with Crippen molar-refractivity contribution in [3.05, 3.63) is 34.9 Å². The van der Waals surface area contributed by atoms with E-state index in [0.29, 0.717) is 6.04 Å². The standard InChI is InChI=1S/C19H31N/c1-5-11-20-19(17-10-9-14(2)12-17)13-18-15(3)7-6-8-16(18)4/h6-8,14,17,19-20H,5,9-13H2,1-4H3. The highest BCUT2D eigenvalue weighted by molar-refractivity contribution is 5.34. The van der Waals surface area contributed by atoms with Crippen molar-refractivity contribution >= 4 is 0 Å². The van der Waals surface area contributed by atoms with Crippen LogP contribution >= 0.6 is 0 Å². The van der Waals surface area contributed by atoms with Crippen LogP contribution in [0.25, 0.3) is 0 Å². The van der Waals surface area contributed by atoms with E-state index in [2.05, 4.69) is 51.2 Å². The Hall–Kier alpha value is -0.820. The Bertz CT molecular complexity index is 404. The second kappa shape index (κ2) is 7.26. The molecule has 0 saturated heterocycles. The molecular weight excluding hydrogens is 242 g/mol. The zero-order valence-electron chi connectivity index (χ0n) is 13.7. The van der Waals surface area contributed by atoms with E-state index in [1.54, 1.807) is 5.56 Å². The van der Waals surface area contributed by atoms with Crippen LogP contribution in [-0.2, 0) is 6.42 Å². The van der Waals surface area contributed by atoms with Crippen LogP contribution in [0.15, 0.2) is 18.2 Å². The first-order valence-corrected chi connectivity index (χ1v) is 8.40. The van der Waals surface area contributed by atoms with Crippen molar-refractivity contribution in [1.82, 2.24) is 5.32 Å². The molecule has 0 spiro atoms. The van der Waals surface area contributed by atoms with E-state index in [1.807, 2.05) is 0 Å². The Morgan fingerprint density at radius 1 is 1.20 bits per heavy atom. The second-order valence-corrected chi connectivity index (χ2v) is 6.81. The van der Waals surface area contributed by atoms with Gasteiger partial charge in [-0.05, 0) is 74.6 Å². The molecular formula is C19H31N. The van der Waals surface area contributed by atoms with Crippen LogP contribution in [0, 0.1) is 25.7 Å². The summed E-state index contributed by atoms with van der Waals surface area (Å²) in [7, 11) is 0. The fourth-order valence-corrected chi connectivity index (χ4v) is 3.74. The molecule has 1 heteroatoms. The summed E-state index contributed by atoms with van der Waals surface area (Å²) < 4.78 is 0. The molecule has 1 saturated carbocycles. The van der Waals surface area contributed by atoms with Crippen molar-refractivity contribution in [2.75, 3.05) is 6.54 Å². The van der Waals surface area contributed by atoms with Gasteiger partial charge in [0.05, 0.1) is 0 Å². The highest BCUT2D eigenvalue weighted by Crippen LogP contribution is 2.34. The van der Waals surface area contributed by atoms with Gasteiger partial charge in [0.25, 0.3) is 0 Å². The zero-order valence-corrected chi connectivity index (χ0v) is 13.7. The zero-order chi connectivity index (χ0) is 14.5. The second-order valence-electron chi connectivity index (χ2n) is 6.81. The fourth-order valence-electron chi connectivity index (χ4n) is 3.74. The normalized spacial score (nSPS) is 24.0. The Morgan fingerprint density at radius 3 is 2.45 bits per heavy atom. The average molecular weight is 273 g/mol. The van der Waals surface area contributed by atoms with Crippen LogP contribution in [0.1, 0.15) is 56.2 Å². The number of nitrogens with one attached hydrogen (secondary N) is 1. The molecule has 0 bridgehead atoms. The van der Waals surface area contributed by atoms with E-state index in [-0.39, 0.29) is 0 Å². The lowest BCUT2D eigenvalue weighted by Crippen LogP contribution is -2.38. The van der Waals surface area contributed by atoms with E-state index < -0.39 is 0 Å². The molecule has 3 unspecified atom stereocenters. The Morgan fingerprint density at radius 2 is 1.90 bits per heavy atom. The predicted octanol–water partition coefficient (Wildman–Crippen LogP) is 4.65. The van der Waals surface area contributed by atoms with Crippen molar-refractivity contribution in [3.8, 4) is 0 Å². The lowest BCUT2D eigenvalue weighted by atomic mass is 9.88.